The summed E-state index contributed by atoms with van der Waals surface area (Å²) in [5.74, 6) is 0.0617. The van der Waals surface area contributed by atoms with E-state index in [1.165, 1.54) is 0 Å². The maximum atomic E-state index is 12.6. The smallest absolute Gasteiger partial charge is 0.194 e. The molecule has 0 aliphatic heterocycles. The molecule has 0 heterocycles. The first kappa shape index (κ1) is 10.3. The van der Waals surface area contributed by atoms with Gasteiger partial charge in [0.25, 0.3) is 0 Å². The monoisotopic (exact) mass is 245 g/mol. The van der Waals surface area contributed by atoms with Crippen molar-refractivity contribution >= 4 is 22.2 Å². The summed E-state index contributed by atoms with van der Waals surface area (Å²) < 4.78 is 0. The molecule has 3 aromatic rings. The van der Waals surface area contributed by atoms with Gasteiger partial charge in [0.1, 0.15) is 0 Å². The first-order chi connectivity index (χ1) is 9.25. The van der Waals surface area contributed by atoms with Gasteiger partial charge in [-0.3, -0.25) is 4.79 Å². The van der Waals surface area contributed by atoms with Crippen molar-refractivity contribution in [3.63, 3.8) is 0 Å². The molecular weight excluding hydrogens is 234 g/mol. The van der Waals surface area contributed by atoms with E-state index in [2.05, 4.69) is 6.07 Å². The van der Waals surface area contributed by atoms with Crippen LogP contribution in [0, 0.1) is 0 Å². The molecule has 0 fully saturated rings. The van der Waals surface area contributed by atoms with Gasteiger partial charge in [-0.1, -0.05) is 42.5 Å². The molecule has 90 valence electrons. The summed E-state index contributed by atoms with van der Waals surface area (Å²) in [5, 5.41) is 2.04. The van der Waals surface area contributed by atoms with Crippen LogP contribution in [0.2, 0.25) is 0 Å². The summed E-state index contributed by atoms with van der Waals surface area (Å²) in [6.07, 6.45) is 0. The lowest BCUT2D eigenvalue weighted by molar-refractivity contribution is 0.104. The number of anilines is 1. The van der Waals surface area contributed by atoms with Gasteiger partial charge < -0.3 is 5.73 Å². The molecule has 0 amide bonds. The lowest BCUT2D eigenvalue weighted by Crippen LogP contribution is -2.10. The number of nitrogens with two attached hydrogens (primary N) is 1. The SMILES string of the molecule is Nc1cc2c3c(cccc3c1)-c1ccccc1C2=O. The first-order valence-corrected chi connectivity index (χ1v) is 6.22. The molecule has 0 saturated carbocycles. The average Bonchev–Trinajstić information content (AvgIpc) is 2.44. The van der Waals surface area contributed by atoms with Crippen LogP contribution in [-0.2, 0) is 0 Å². The highest BCUT2D eigenvalue weighted by Gasteiger charge is 2.24. The quantitative estimate of drug-likeness (QED) is 0.481. The molecule has 0 aromatic heterocycles. The van der Waals surface area contributed by atoms with Crippen LogP contribution in [0.1, 0.15) is 15.9 Å². The molecule has 0 unspecified atom stereocenters. The Morgan fingerprint density at radius 2 is 1.47 bits per heavy atom. The minimum absolute atomic E-state index is 0.0617. The van der Waals surface area contributed by atoms with Gasteiger partial charge in [0, 0.05) is 22.2 Å². The minimum Gasteiger partial charge on any atom is -0.399 e. The number of fused-ring (bicyclic) bond motifs is 2. The number of carbonyl (C=O) groups is 1. The third-order valence-corrected chi connectivity index (χ3v) is 3.71. The molecular formula is C17H11NO. The fourth-order valence-corrected chi connectivity index (χ4v) is 2.92. The molecule has 0 radical (unpaired) electrons. The highest BCUT2D eigenvalue weighted by molar-refractivity contribution is 6.26. The normalized spacial score (nSPS) is 12.5. The van der Waals surface area contributed by atoms with Crippen LogP contribution in [0.4, 0.5) is 5.69 Å². The van der Waals surface area contributed by atoms with Crippen molar-refractivity contribution in [3.05, 3.63) is 65.7 Å². The standard InChI is InChI=1S/C17H11NO/c18-11-8-10-4-3-7-13-12-5-1-2-6-14(12)17(19)15(9-11)16(10)13/h1-9H,18H2. The molecule has 0 spiro atoms. The predicted octanol–water partition coefficient (Wildman–Crippen LogP) is 3.63. The maximum absolute atomic E-state index is 12.6. The fraction of sp³-hybridized carbons (Fsp3) is 0. The van der Waals surface area contributed by atoms with Crippen molar-refractivity contribution in [2.45, 2.75) is 0 Å². The predicted molar refractivity (Wildman–Crippen MR) is 77.2 cm³/mol. The van der Waals surface area contributed by atoms with Gasteiger partial charge in [-0.15, -0.1) is 0 Å². The van der Waals surface area contributed by atoms with Crippen LogP contribution < -0.4 is 5.73 Å². The Balaban J connectivity index is 2.27. The van der Waals surface area contributed by atoms with Crippen molar-refractivity contribution in [1.29, 1.82) is 0 Å². The fourth-order valence-electron chi connectivity index (χ4n) is 2.92. The Labute approximate surface area is 110 Å². The molecule has 1 aliphatic rings. The molecule has 0 atom stereocenters. The third-order valence-electron chi connectivity index (χ3n) is 3.71. The lowest BCUT2D eigenvalue weighted by atomic mass is 9.83. The van der Waals surface area contributed by atoms with E-state index in [4.69, 9.17) is 5.73 Å². The van der Waals surface area contributed by atoms with E-state index in [-0.39, 0.29) is 5.78 Å². The van der Waals surface area contributed by atoms with Gasteiger partial charge in [-0.05, 0) is 28.6 Å². The zero-order chi connectivity index (χ0) is 13.0. The molecule has 4 rings (SSSR count). The number of rotatable bonds is 0. The Morgan fingerprint density at radius 3 is 2.32 bits per heavy atom. The summed E-state index contributed by atoms with van der Waals surface area (Å²) in [6, 6.07) is 17.5. The van der Waals surface area contributed by atoms with E-state index >= 15 is 0 Å². The highest BCUT2D eigenvalue weighted by atomic mass is 16.1. The Bertz CT molecular complexity index is 849. The Hall–Kier alpha value is -2.61. The first-order valence-electron chi connectivity index (χ1n) is 6.22. The number of benzene rings is 3. The summed E-state index contributed by atoms with van der Waals surface area (Å²) >= 11 is 0. The number of hydrogen-bond acceptors (Lipinski definition) is 2. The summed E-state index contributed by atoms with van der Waals surface area (Å²) in [6.45, 7) is 0. The zero-order valence-corrected chi connectivity index (χ0v) is 10.2. The van der Waals surface area contributed by atoms with Gasteiger partial charge in [0.05, 0.1) is 0 Å². The largest absolute Gasteiger partial charge is 0.399 e. The van der Waals surface area contributed by atoms with Gasteiger partial charge in [-0.2, -0.15) is 0 Å². The second-order valence-electron chi connectivity index (χ2n) is 4.85. The number of carbonyl (C=O) groups excluding carboxylic acids is 1. The zero-order valence-electron chi connectivity index (χ0n) is 10.2. The van der Waals surface area contributed by atoms with Gasteiger partial charge >= 0.3 is 0 Å². The van der Waals surface area contributed by atoms with Crippen molar-refractivity contribution in [2.24, 2.45) is 0 Å². The van der Waals surface area contributed by atoms with Crippen LogP contribution in [-0.4, -0.2) is 5.78 Å². The van der Waals surface area contributed by atoms with E-state index in [1.54, 1.807) is 6.07 Å². The van der Waals surface area contributed by atoms with Crippen molar-refractivity contribution in [2.75, 3.05) is 5.73 Å². The van der Waals surface area contributed by atoms with E-state index in [1.807, 2.05) is 42.5 Å². The number of nitrogen functional groups attached to an aromatic ring is 1. The minimum atomic E-state index is 0.0617. The Kier molecular flexibility index (Phi) is 1.88. The van der Waals surface area contributed by atoms with Crippen molar-refractivity contribution in [1.82, 2.24) is 0 Å². The van der Waals surface area contributed by atoms with Crippen LogP contribution in [0.5, 0.6) is 0 Å². The van der Waals surface area contributed by atoms with Gasteiger partial charge in [0.2, 0.25) is 0 Å². The van der Waals surface area contributed by atoms with Crippen molar-refractivity contribution in [3.8, 4) is 11.1 Å². The lowest BCUT2D eigenvalue weighted by Gasteiger charge is -2.20. The van der Waals surface area contributed by atoms with Crippen LogP contribution >= 0.6 is 0 Å². The average molecular weight is 245 g/mol. The number of hydrogen-bond donors (Lipinski definition) is 1. The van der Waals surface area contributed by atoms with Gasteiger partial charge in [0.15, 0.2) is 5.78 Å². The Morgan fingerprint density at radius 1 is 0.737 bits per heavy atom. The molecule has 2 nitrogen and oxygen atoms in total. The molecule has 1 aliphatic carbocycles. The van der Waals surface area contributed by atoms with Crippen molar-refractivity contribution < 1.29 is 4.79 Å². The number of ketones is 1. The topological polar surface area (TPSA) is 43.1 Å². The van der Waals surface area contributed by atoms with E-state index < -0.39 is 0 Å². The summed E-state index contributed by atoms with van der Waals surface area (Å²) in [5.41, 5.74) is 10.1. The summed E-state index contributed by atoms with van der Waals surface area (Å²) in [7, 11) is 0. The molecule has 3 aromatic carbocycles. The van der Waals surface area contributed by atoms with E-state index in [9.17, 15) is 4.79 Å². The molecule has 2 heteroatoms. The second-order valence-corrected chi connectivity index (χ2v) is 4.85. The summed E-state index contributed by atoms with van der Waals surface area (Å²) in [4.78, 5) is 12.6. The molecule has 2 N–H and O–H groups in total. The molecule has 0 saturated heterocycles. The second kappa shape index (κ2) is 3.45. The molecule has 0 bridgehead atoms. The maximum Gasteiger partial charge on any atom is 0.194 e. The molecule has 19 heavy (non-hydrogen) atoms. The third kappa shape index (κ3) is 1.28. The van der Waals surface area contributed by atoms with Gasteiger partial charge in [-0.25, -0.2) is 0 Å². The van der Waals surface area contributed by atoms with Crippen LogP contribution in [0.15, 0.2) is 54.6 Å². The van der Waals surface area contributed by atoms with E-state index in [0.717, 1.165) is 27.5 Å². The van der Waals surface area contributed by atoms with Crippen LogP contribution in [0.3, 0.4) is 0 Å². The van der Waals surface area contributed by atoms with Crippen LogP contribution in [0.25, 0.3) is 21.9 Å². The highest BCUT2D eigenvalue weighted by Crippen LogP contribution is 2.39. The van der Waals surface area contributed by atoms with E-state index in [0.29, 0.717) is 11.3 Å².